The zero-order valence-corrected chi connectivity index (χ0v) is 16.0. The molecular weight excluding hydrogens is 352 g/mol. The van der Waals surface area contributed by atoms with Crippen LogP contribution in [0.15, 0.2) is 24.3 Å². The number of halogens is 1. The predicted molar refractivity (Wildman–Crippen MR) is 102 cm³/mol. The summed E-state index contributed by atoms with van der Waals surface area (Å²) in [5, 5.41) is 5.11. The standard InChI is InChI=1S/C19H25ClN4O2/c1-13-10-14(2)24(22-13)16-6-8-23(12-16)19(25)17-5-4-15(20)11-18(17)26-9-3-7-21/h4-5,10-11,16H,3,6-9,12,21H2,1-2H3. The molecule has 1 aliphatic heterocycles. The van der Waals surface area contributed by atoms with Gasteiger partial charge in [0.25, 0.3) is 5.91 Å². The van der Waals surface area contributed by atoms with Crippen LogP contribution < -0.4 is 10.5 Å². The predicted octanol–water partition coefficient (Wildman–Crippen LogP) is 2.97. The molecule has 1 aliphatic rings. The second kappa shape index (κ2) is 8.10. The topological polar surface area (TPSA) is 73.4 Å². The molecule has 1 amide bonds. The van der Waals surface area contributed by atoms with Crippen molar-refractivity contribution in [2.75, 3.05) is 26.2 Å². The van der Waals surface area contributed by atoms with E-state index in [0.717, 1.165) is 24.2 Å². The van der Waals surface area contributed by atoms with Gasteiger partial charge in [0.2, 0.25) is 0 Å². The first kappa shape index (κ1) is 18.7. The van der Waals surface area contributed by atoms with E-state index in [1.54, 1.807) is 18.2 Å². The van der Waals surface area contributed by atoms with Gasteiger partial charge in [0.15, 0.2) is 0 Å². The molecule has 1 fully saturated rings. The second-order valence-corrected chi connectivity index (χ2v) is 7.13. The van der Waals surface area contributed by atoms with E-state index in [4.69, 9.17) is 22.1 Å². The maximum atomic E-state index is 13.0. The number of ether oxygens (including phenoxy) is 1. The number of rotatable bonds is 6. The summed E-state index contributed by atoms with van der Waals surface area (Å²) in [6.07, 6.45) is 1.62. The molecule has 0 radical (unpaired) electrons. The highest BCUT2D eigenvalue weighted by atomic mass is 35.5. The molecular formula is C19H25ClN4O2. The lowest BCUT2D eigenvalue weighted by Crippen LogP contribution is -2.30. The molecule has 0 spiro atoms. The number of carbonyl (C=O) groups excluding carboxylic acids is 1. The normalized spacial score (nSPS) is 16.9. The quantitative estimate of drug-likeness (QED) is 0.786. The number of hydrogen-bond donors (Lipinski definition) is 1. The third-order valence-corrected chi connectivity index (χ3v) is 4.86. The Labute approximate surface area is 158 Å². The smallest absolute Gasteiger partial charge is 0.257 e. The molecule has 2 N–H and O–H groups in total. The van der Waals surface area contributed by atoms with E-state index < -0.39 is 0 Å². The molecule has 1 unspecified atom stereocenters. The lowest BCUT2D eigenvalue weighted by Gasteiger charge is -2.19. The van der Waals surface area contributed by atoms with Crippen molar-refractivity contribution in [3.05, 3.63) is 46.2 Å². The second-order valence-electron chi connectivity index (χ2n) is 6.70. The number of benzene rings is 1. The molecule has 6 nitrogen and oxygen atoms in total. The van der Waals surface area contributed by atoms with Crippen molar-refractivity contribution in [2.45, 2.75) is 32.7 Å². The Bertz CT molecular complexity index is 790. The molecule has 1 aromatic carbocycles. The van der Waals surface area contributed by atoms with Gasteiger partial charge in [-0.2, -0.15) is 5.10 Å². The highest BCUT2D eigenvalue weighted by Gasteiger charge is 2.30. The Balaban J connectivity index is 1.74. The average Bonchev–Trinajstić information content (AvgIpc) is 3.21. The fourth-order valence-corrected chi connectivity index (χ4v) is 3.53. The van der Waals surface area contributed by atoms with Gasteiger partial charge in [-0.05, 0) is 57.5 Å². The molecule has 3 rings (SSSR count). The SMILES string of the molecule is Cc1cc(C)n(C2CCN(C(=O)c3ccc(Cl)cc3OCCCN)C2)n1. The van der Waals surface area contributed by atoms with Gasteiger partial charge in [0, 0.05) is 23.8 Å². The first-order valence-corrected chi connectivity index (χ1v) is 9.32. The van der Waals surface area contributed by atoms with Crippen LogP contribution in [0.3, 0.4) is 0 Å². The van der Waals surface area contributed by atoms with Crippen LogP contribution in [0.25, 0.3) is 0 Å². The van der Waals surface area contributed by atoms with Crippen LogP contribution in [0.1, 0.15) is 40.6 Å². The lowest BCUT2D eigenvalue weighted by molar-refractivity contribution is 0.0782. The van der Waals surface area contributed by atoms with Crippen LogP contribution in [0.5, 0.6) is 5.75 Å². The number of nitrogens with zero attached hydrogens (tertiary/aromatic N) is 3. The van der Waals surface area contributed by atoms with Crippen molar-refractivity contribution < 1.29 is 9.53 Å². The summed E-state index contributed by atoms with van der Waals surface area (Å²) in [4.78, 5) is 14.9. The van der Waals surface area contributed by atoms with E-state index in [1.807, 2.05) is 23.4 Å². The summed E-state index contributed by atoms with van der Waals surface area (Å²) >= 11 is 6.08. The Hall–Kier alpha value is -2.05. The van der Waals surface area contributed by atoms with Crippen molar-refractivity contribution in [3.63, 3.8) is 0 Å². The Morgan fingerprint density at radius 1 is 1.38 bits per heavy atom. The van der Waals surface area contributed by atoms with Crippen LogP contribution in [-0.2, 0) is 0 Å². The molecule has 1 saturated heterocycles. The monoisotopic (exact) mass is 376 g/mol. The number of likely N-dealkylation sites (tertiary alicyclic amines) is 1. The molecule has 0 saturated carbocycles. The van der Waals surface area contributed by atoms with E-state index in [1.165, 1.54) is 0 Å². The fraction of sp³-hybridized carbons (Fsp3) is 0.474. The highest BCUT2D eigenvalue weighted by molar-refractivity contribution is 6.30. The Morgan fingerprint density at radius 2 is 2.19 bits per heavy atom. The summed E-state index contributed by atoms with van der Waals surface area (Å²) in [6.45, 7) is 6.39. The third-order valence-electron chi connectivity index (χ3n) is 4.62. The minimum Gasteiger partial charge on any atom is -0.493 e. The number of nitrogens with two attached hydrogens (primary N) is 1. The van der Waals surface area contributed by atoms with E-state index in [0.29, 0.717) is 42.6 Å². The maximum absolute atomic E-state index is 13.0. The number of hydrogen-bond acceptors (Lipinski definition) is 4. The van der Waals surface area contributed by atoms with Crippen LogP contribution in [0, 0.1) is 13.8 Å². The molecule has 7 heteroatoms. The molecule has 1 atom stereocenters. The summed E-state index contributed by atoms with van der Waals surface area (Å²) in [7, 11) is 0. The van der Waals surface area contributed by atoms with Gasteiger partial charge in [-0.25, -0.2) is 0 Å². The van der Waals surface area contributed by atoms with Crippen molar-refractivity contribution >= 4 is 17.5 Å². The largest absolute Gasteiger partial charge is 0.493 e. The molecule has 1 aromatic heterocycles. The first-order chi connectivity index (χ1) is 12.5. The fourth-order valence-electron chi connectivity index (χ4n) is 3.37. The summed E-state index contributed by atoms with van der Waals surface area (Å²) in [5.41, 5.74) is 8.18. The van der Waals surface area contributed by atoms with E-state index in [2.05, 4.69) is 11.2 Å². The molecule has 26 heavy (non-hydrogen) atoms. The highest BCUT2D eigenvalue weighted by Crippen LogP contribution is 2.29. The van der Waals surface area contributed by atoms with Crippen molar-refractivity contribution in [1.82, 2.24) is 14.7 Å². The van der Waals surface area contributed by atoms with E-state index in [-0.39, 0.29) is 11.9 Å². The minimum absolute atomic E-state index is 0.0338. The van der Waals surface area contributed by atoms with Gasteiger partial charge in [-0.3, -0.25) is 9.48 Å². The first-order valence-electron chi connectivity index (χ1n) is 8.94. The molecule has 2 aromatic rings. The molecule has 0 aliphatic carbocycles. The summed E-state index contributed by atoms with van der Waals surface area (Å²) < 4.78 is 7.77. The number of aromatic nitrogens is 2. The van der Waals surface area contributed by atoms with Gasteiger partial charge in [-0.15, -0.1) is 0 Å². The van der Waals surface area contributed by atoms with Gasteiger partial charge < -0.3 is 15.4 Å². The zero-order chi connectivity index (χ0) is 18.7. The van der Waals surface area contributed by atoms with Crippen LogP contribution in [0.2, 0.25) is 5.02 Å². The third kappa shape index (κ3) is 4.02. The van der Waals surface area contributed by atoms with Gasteiger partial charge in [0.1, 0.15) is 5.75 Å². The van der Waals surface area contributed by atoms with Gasteiger partial charge >= 0.3 is 0 Å². The van der Waals surface area contributed by atoms with Crippen LogP contribution in [-0.4, -0.2) is 46.8 Å². The Morgan fingerprint density at radius 3 is 2.88 bits per heavy atom. The van der Waals surface area contributed by atoms with E-state index >= 15 is 0 Å². The van der Waals surface area contributed by atoms with E-state index in [9.17, 15) is 4.79 Å². The molecule has 140 valence electrons. The summed E-state index contributed by atoms with van der Waals surface area (Å²) in [6, 6.07) is 7.42. The van der Waals surface area contributed by atoms with Crippen molar-refractivity contribution in [1.29, 1.82) is 0 Å². The van der Waals surface area contributed by atoms with Crippen LogP contribution in [0.4, 0.5) is 0 Å². The van der Waals surface area contributed by atoms with Gasteiger partial charge in [0.05, 0.1) is 23.9 Å². The minimum atomic E-state index is -0.0338. The Kier molecular flexibility index (Phi) is 5.84. The van der Waals surface area contributed by atoms with Gasteiger partial charge in [-0.1, -0.05) is 11.6 Å². The zero-order valence-electron chi connectivity index (χ0n) is 15.2. The summed E-state index contributed by atoms with van der Waals surface area (Å²) in [5.74, 6) is 0.485. The average molecular weight is 377 g/mol. The number of amides is 1. The van der Waals surface area contributed by atoms with Crippen molar-refractivity contribution in [3.8, 4) is 5.75 Å². The number of aryl methyl sites for hydroxylation is 2. The lowest BCUT2D eigenvalue weighted by atomic mass is 10.1. The maximum Gasteiger partial charge on any atom is 0.257 e. The van der Waals surface area contributed by atoms with Crippen molar-refractivity contribution in [2.24, 2.45) is 5.73 Å². The number of carbonyl (C=O) groups is 1. The van der Waals surface area contributed by atoms with Crippen LogP contribution >= 0.6 is 11.6 Å². The molecule has 0 bridgehead atoms. The molecule has 2 heterocycles.